The van der Waals surface area contributed by atoms with Crippen LogP contribution < -0.4 is 0 Å². The molecule has 4 aliphatic rings. The van der Waals surface area contributed by atoms with Gasteiger partial charge in [-0.3, -0.25) is 14.5 Å². The first-order valence-electron chi connectivity index (χ1n) is 10.8. The smallest absolute Gasteiger partial charge is 0.326 e. The molecular formula is C23H22N2O4S3. The number of aromatic amines is 1. The van der Waals surface area contributed by atoms with Crippen molar-refractivity contribution in [1.29, 1.82) is 0 Å². The van der Waals surface area contributed by atoms with Gasteiger partial charge in [0.1, 0.15) is 6.04 Å². The summed E-state index contributed by atoms with van der Waals surface area (Å²) in [5.41, 5.74) is 2.47. The molecule has 6 nitrogen and oxygen atoms in total. The molecule has 2 aromatic rings. The van der Waals surface area contributed by atoms with Gasteiger partial charge in [-0.1, -0.05) is 24.3 Å². The first-order valence-corrected chi connectivity index (χ1v) is 12.9. The van der Waals surface area contributed by atoms with Crippen LogP contribution in [0.3, 0.4) is 0 Å². The molecule has 2 amide bonds. The number of fused-ring (bicyclic) bond motifs is 9. The van der Waals surface area contributed by atoms with Gasteiger partial charge in [-0.2, -0.15) is 0 Å². The number of carboxylic acid groups (broad SMARTS) is 1. The van der Waals surface area contributed by atoms with Crippen molar-refractivity contribution in [3.63, 3.8) is 0 Å². The zero-order valence-electron chi connectivity index (χ0n) is 17.5. The van der Waals surface area contributed by atoms with Crippen molar-refractivity contribution in [3.05, 3.63) is 44.2 Å². The highest BCUT2D eigenvalue weighted by Gasteiger charge is 2.70. The maximum Gasteiger partial charge on any atom is 0.326 e. The van der Waals surface area contributed by atoms with E-state index >= 15 is 0 Å². The predicted molar refractivity (Wildman–Crippen MR) is 123 cm³/mol. The lowest BCUT2D eigenvalue weighted by Crippen LogP contribution is -2.44. The van der Waals surface area contributed by atoms with E-state index in [1.165, 1.54) is 22.9 Å². The molecule has 3 heterocycles. The molecule has 1 saturated heterocycles. The lowest BCUT2D eigenvalue weighted by atomic mass is 9.67. The minimum absolute atomic E-state index is 0.0679. The Morgan fingerprint density at radius 1 is 1.22 bits per heavy atom. The summed E-state index contributed by atoms with van der Waals surface area (Å²) in [6, 6.07) is 7.26. The first-order chi connectivity index (χ1) is 15.3. The first kappa shape index (κ1) is 20.6. The molecule has 166 valence electrons. The number of likely N-dealkylation sites (tertiary alicyclic amines) is 1. The van der Waals surface area contributed by atoms with Crippen LogP contribution in [-0.4, -0.2) is 44.1 Å². The van der Waals surface area contributed by atoms with E-state index in [0.717, 1.165) is 20.3 Å². The van der Waals surface area contributed by atoms with Crippen LogP contribution >= 0.6 is 35.3 Å². The van der Waals surface area contributed by atoms with E-state index in [9.17, 15) is 19.5 Å². The van der Waals surface area contributed by atoms with Gasteiger partial charge in [0.25, 0.3) is 0 Å². The summed E-state index contributed by atoms with van der Waals surface area (Å²) in [6.45, 7) is 3.55. The van der Waals surface area contributed by atoms with Crippen LogP contribution in [-0.2, 0) is 14.4 Å². The van der Waals surface area contributed by atoms with E-state index in [0.29, 0.717) is 0 Å². The van der Waals surface area contributed by atoms with Gasteiger partial charge in [0.05, 0.1) is 16.9 Å². The van der Waals surface area contributed by atoms with Crippen LogP contribution in [0, 0.1) is 40.5 Å². The molecule has 32 heavy (non-hydrogen) atoms. The zero-order valence-corrected chi connectivity index (χ0v) is 19.9. The van der Waals surface area contributed by atoms with Gasteiger partial charge in [-0.05, 0) is 61.4 Å². The van der Waals surface area contributed by atoms with Crippen molar-refractivity contribution in [3.8, 4) is 0 Å². The average molecular weight is 487 g/mol. The van der Waals surface area contributed by atoms with Crippen molar-refractivity contribution >= 4 is 53.1 Å². The van der Waals surface area contributed by atoms with Crippen molar-refractivity contribution < 1.29 is 19.5 Å². The van der Waals surface area contributed by atoms with Gasteiger partial charge >= 0.3 is 5.97 Å². The maximum atomic E-state index is 13.4. The van der Waals surface area contributed by atoms with E-state index in [1.54, 1.807) is 23.1 Å². The Morgan fingerprint density at radius 3 is 2.59 bits per heavy atom. The molecule has 2 aliphatic heterocycles. The van der Waals surface area contributed by atoms with Gasteiger partial charge in [-0.15, -0.1) is 23.1 Å². The normalized spacial score (nSPS) is 35.6. The fraction of sp³-hybridized carbons (Fsp3) is 0.478. The van der Waals surface area contributed by atoms with Crippen molar-refractivity contribution in [1.82, 2.24) is 9.88 Å². The highest BCUT2D eigenvalue weighted by molar-refractivity contribution is 8.00. The molecule has 8 atom stereocenters. The second-order valence-electron chi connectivity index (χ2n) is 9.38. The van der Waals surface area contributed by atoms with Gasteiger partial charge in [-0.25, -0.2) is 4.79 Å². The number of amides is 2. The number of rotatable bonds is 3. The van der Waals surface area contributed by atoms with E-state index in [4.69, 9.17) is 12.2 Å². The highest BCUT2D eigenvalue weighted by Crippen LogP contribution is 2.69. The molecule has 8 unspecified atom stereocenters. The predicted octanol–water partition coefficient (Wildman–Crippen LogP) is 4.06. The summed E-state index contributed by atoms with van der Waals surface area (Å²) in [4.78, 5) is 43.9. The van der Waals surface area contributed by atoms with E-state index in [-0.39, 0.29) is 40.7 Å². The Labute approximate surface area is 198 Å². The molecule has 1 aromatic heterocycles. The number of carboxylic acids is 1. The number of thioether (sulfide) groups is 1. The fourth-order valence-corrected chi connectivity index (χ4v) is 10.1. The number of aromatic nitrogens is 1. The summed E-state index contributed by atoms with van der Waals surface area (Å²) in [6.07, 6.45) is 0.850. The number of thiazole rings is 1. The molecule has 0 spiro atoms. The quantitative estimate of drug-likeness (QED) is 0.502. The van der Waals surface area contributed by atoms with Crippen molar-refractivity contribution in [2.24, 2.45) is 29.6 Å². The molecule has 2 N–H and O–H groups in total. The van der Waals surface area contributed by atoms with Gasteiger partial charge < -0.3 is 10.1 Å². The molecule has 6 rings (SSSR count). The Kier molecular flexibility index (Phi) is 4.52. The lowest BCUT2D eigenvalue weighted by Gasteiger charge is -2.43. The Balaban J connectivity index is 1.47. The number of benzene rings is 1. The Hall–Kier alpha value is -1.97. The van der Waals surface area contributed by atoms with Crippen LogP contribution in [0.15, 0.2) is 29.3 Å². The summed E-state index contributed by atoms with van der Waals surface area (Å²) >= 11 is 8.87. The molecule has 2 saturated carbocycles. The summed E-state index contributed by atoms with van der Waals surface area (Å²) < 4.78 is 0.752. The van der Waals surface area contributed by atoms with Crippen molar-refractivity contribution in [2.45, 2.75) is 42.5 Å². The standard InChI is InChI=1S/C23H22N2O4S3/c1-8-5-3-4-6-10(8)13-14-11-7-12(17(14)31-19-18(13)32-23(30)24-19)16-15(11)20(26)25(21(16)27)9(2)22(28)29/h3-6,9,11-17H,7H2,1-2H3,(H,24,30)(H,28,29). The van der Waals surface area contributed by atoms with Crippen LogP contribution in [0.5, 0.6) is 0 Å². The Morgan fingerprint density at radius 2 is 1.91 bits per heavy atom. The third-order valence-electron chi connectivity index (χ3n) is 8.03. The van der Waals surface area contributed by atoms with E-state index < -0.39 is 23.8 Å². The second kappa shape index (κ2) is 7.01. The van der Waals surface area contributed by atoms with Crippen molar-refractivity contribution in [2.75, 3.05) is 0 Å². The maximum absolute atomic E-state index is 13.4. The monoisotopic (exact) mass is 486 g/mol. The minimum atomic E-state index is -1.14. The average Bonchev–Trinajstić information content (AvgIpc) is 3.47. The van der Waals surface area contributed by atoms with Gasteiger partial charge in [0.15, 0.2) is 3.95 Å². The highest BCUT2D eigenvalue weighted by atomic mass is 32.2. The SMILES string of the molecule is Cc1ccccc1C1c2sc(=S)[nH]c2SC2C3CC(C4C(=O)N(C(C)C(=O)O)C(=O)C34)C12. The van der Waals surface area contributed by atoms with Crippen LogP contribution in [0.4, 0.5) is 0 Å². The number of H-pyrrole nitrogens is 1. The number of nitrogens with one attached hydrogen (secondary N) is 1. The summed E-state index contributed by atoms with van der Waals surface area (Å²) in [5.74, 6) is -2.04. The van der Waals surface area contributed by atoms with Crippen LogP contribution in [0.25, 0.3) is 0 Å². The largest absolute Gasteiger partial charge is 0.480 e. The fourth-order valence-electron chi connectivity index (χ4n) is 6.82. The number of nitrogens with zero attached hydrogens (tertiary/aromatic N) is 1. The zero-order chi connectivity index (χ0) is 22.5. The van der Waals surface area contributed by atoms with E-state index in [1.807, 2.05) is 6.07 Å². The molecule has 9 heteroatoms. The van der Waals surface area contributed by atoms with Gasteiger partial charge in [0, 0.05) is 16.0 Å². The second-order valence-corrected chi connectivity index (χ2v) is 12.3. The van der Waals surface area contributed by atoms with Gasteiger partial charge in [0.2, 0.25) is 11.8 Å². The number of carbonyl (C=O) groups excluding carboxylic acids is 2. The molecule has 1 aromatic carbocycles. The van der Waals surface area contributed by atoms with Crippen LogP contribution in [0.2, 0.25) is 0 Å². The number of hydrogen-bond acceptors (Lipinski definition) is 6. The topological polar surface area (TPSA) is 90.5 Å². The number of aryl methyl sites for hydroxylation is 1. The molecule has 0 radical (unpaired) electrons. The number of aliphatic carboxylic acids is 1. The summed E-state index contributed by atoms with van der Waals surface area (Å²) in [7, 11) is 0. The number of carbonyl (C=O) groups is 3. The molecule has 3 fully saturated rings. The Bertz CT molecular complexity index is 1240. The molecular weight excluding hydrogens is 464 g/mol. The molecule has 2 bridgehead atoms. The third kappa shape index (κ3) is 2.58. The van der Waals surface area contributed by atoms with E-state index in [2.05, 4.69) is 30.1 Å². The third-order valence-corrected chi connectivity index (χ3v) is 11.0. The summed E-state index contributed by atoms with van der Waals surface area (Å²) in [5, 5.41) is 10.8. The van der Waals surface area contributed by atoms with Crippen LogP contribution in [0.1, 0.15) is 35.3 Å². The lowest BCUT2D eigenvalue weighted by molar-refractivity contribution is -0.154. The number of hydrogen-bond donors (Lipinski definition) is 2. The minimum Gasteiger partial charge on any atom is -0.480 e. The molecule has 2 aliphatic carbocycles. The number of imide groups is 1.